The molecule has 1 aromatic carbocycles. The van der Waals surface area contributed by atoms with Gasteiger partial charge in [-0.05, 0) is 19.1 Å². The lowest BCUT2D eigenvalue weighted by molar-refractivity contribution is -0.133. The number of aliphatic carboxylic acids is 1. The maximum atomic E-state index is 10.8. The molecule has 1 aromatic heterocycles. The number of ether oxygens (including phenoxy) is 2. The number of nitrogens with zero attached hydrogens (tertiary/aromatic N) is 3. The molecule has 0 radical (unpaired) electrons. The van der Waals surface area contributed by atoms with Crippen LogP contribution in [0.15, 0.2) is 29.4 Å². The van der Waals surface area contributed by atoms with E-state index in [9.17, 15) is 4.79 Å². The third-order valence-electron chi connectivity index (χ3n) is 3.03. The molecule has 8 heteroatoms. The smallest absolute Gasteiger partial charge is 0.313 e. The highest BCUT2D eigenvalue weighted by atomic mass is 32.2. The zero-order chi connectivity index (χ0) is 16.1. The Labute approximate surface area is 132 Å². The van der Waals surface area contributed by atoms with Crippen LogP contribution in [0.4, 0.5) is 0 Å². The molecule has 22 heavy (non-hydrogen) atoms. The van der Waals surface area contributed by atoms with Crippen molar-refractivity contribution in [1.82, 2.24) is 14.8 Å². The fourth-order valence-corrected chi connectivity index (χ4v) is 2.58. The van der Waals surface area contributed by atoms with Gasteiger partial charge in [-0.15, -0.1) is 10.2 Å². The number of para-hydroxylation sites is 2. The van der Waals surface area contributed by atoms with E-state index in [-0.39, 0.29) is 11.9 Å². The summed E-state index contributed by atoms with van der Waals surface area (Å²) in [7, 11) is 3.16. The van der Waals surface area contributed by atoms with Gasteiger partial charge in [0.25, 0.3) is 0 Å². The number of thioether (sulfide) groups is 1. The standard InChI is InChI=1S/C14H17N3O4S/c1-9(20-2)13-15-16-14(22-8-12(18)19)17(13)10-6-4-5-7-11(10)21-3/h4-7,9H,8H2,1-3H3,(H,18,19)/t9-/m0/s1. The van der Waals surface area contributed by atoms with Crippen molar-refractivity contribution in [3.05, 3.63) is 30.1 Å². The van der Waals surface area contributed by atoms with Gasteiger partial charge in [-0.1, -0.05) is 23.9 Å². The molecule has 1 heterocycles. The molecule has 1 N–H and O–H groups in total. The number of benzene rings is 1. The van der Waals surface area contributed by atoms with Gasteiger partial charge >= 0.3 is 5.97 Å². The van der Waals surface area contributed by atoms with Gasteiger partial charge in [0, 0.05) is 7.11 Å². The van der Waals surface area contributed by atoms with Crippen LogP contribution < -0.4 is 4.74 Å². The molecule has 1 atom stereocenters. The zero-order valence-electron chi connectivity index (χ0n) is 12.5. The maximum absolute atomic E-state index is 10.8. The Hall–Kier alpha value is -2.06. The average Bonchev–Trinajstić information content (AvgIpc) is 2.95. The van der Waals surface area contributed by atoms with Crippen LogP contribution in [0.25, 0.3) is 5.69 Å². The molecular weight excluding hydrogens is 306 g/mol. The Balaban J connectivity index is 2.53. The summed E-state index contributed by atoms with van der Waals surface area (Å²) in [6, 6.07) is 7.40. The van der Waals surface area contributed by atoms with Crippen LogP contribution in [-0.4, -0.2) is 45.8 Å². The van der Waals surface area contributed by atoms with Gasteiger partial charge in [0.2, 0.25) is 0 Å². The van der Waals surface area contributed by atoms with Crippen LogP contribution in [0.1, 0.15) is 18.9 Å². The van der Waals surface area contributed by atoms with Crippen LogP contribution in [0, 0.1) is 0 Å². The number of hydrogen-bond acceptors (Lipinski definition) is 6. The topological polar surface area (TPSA) is 86.5 Å². The first-order valence-electron chi connectivity index (χ1n) is 6.54. The molecule has 0 unspecified atom stereocenters. The number of hydrogen-bond donors (Lipinski definition) is 1. The lowest BCUT2D eigenvalue weighted by Crippen LogP contribution is -2.09. The third-order valence-corrected chi connectivity index (χ3v) is 3.94. The summed E-state index contributed by atoms with van der Waals surface area (Å²) in [5, 5.41) is 17.6. The van der Waals surface area contributed by atoms with Gasteiger partial charge in [0.05, 0.1) is 18.6 Å². The van der Waals surface area contributed by atoms with Crippen molar-refractivity contribution in [2.45, 2.75) is 18.2 Å². The Bertz CT molecular complexity index is 659. The summed E-state index contributed by atoms with van der Waals surface area (Å²) >= 11 is 1.10. The predicted octanol–water partition coefficient (Wildman–Crippen LogP) is 2.16. The zero-order valence-corrected chi connectivity index (χ0v) is 13.3. The summed E-state index contributed by atoms with van der Waals surface area (Å²) in [6.07, 6.45) is -0.295. The molecule has 2 aromatic rings. The molecule has 0 saturated heterocycles. The number of methoxy groups -OCH3 is 2. The van der Waals surface area contributed by atoms with Crippen LogP contribution in [0.2, 0.25) is 0 Å². The summed E-state index contributed by atoms with van der Waals surface area (Å²) in [5.74, 6) is 0.207. The van der Waals surface area contributed by atoms with Gasteiger partial charge in [-0.2, -0.15) is 0 Å². The Morgan fingerprint density at radius 1 is 1.36 bits per heavy atom. The Morgan fingerprint density at radius 3 is 2.73 bits per heavy atom. The minimum atomic E-state index is -0.916. The predicted molar refractivity (Wildman–Crippen MR) is 81.7 cm³/mol. The number of rotatable bonds is 7. The normalized spacial score (nSPS) is 12.1. The number of carboxylic acids is 1. The van der Waals surface area contributed by atoms with E-state index in [1.165, 1.54) is 0 Å². The Morgan fingerprint density at radius 2 is 2.09 bits per heavy atom. The summed E-state index contributed by atoms with van der Waals surface area (Å²) in [5.41, 5.74) is 0.738. The second-order valence-corrected chi connectivity index (χ2v) is 5.35. The quantitative estimate of drug-likeness (QED) is 0.781. The largest absolute Gasteiger partial charge is 0.495 e. The molecular formula is C14H17N3O4S. The first kappa shape index (κ1) is 16.3. The van der Waals surface area contributed by atoms with E-state index in [4.69, 9.17) is 14.6 Å². The SMILES string of the molecule is COc1ccccc1-n1c(SCC(=O)O)nnc1[C@H](C)OC. The molecule has 0 fully saturated rings. The van der Waals surface area contributed by atoms with Crippen LogP contribution >= 0.6 is 11.8 Å². The molecule has 0 saturated carbocycles. The van der Waals surface area contributed by atoms with Crippen LogP contribution in [-0.2, 0) is 9.53 Å². The minimum absolute atomic E-state index is 0.103. The highest BCUT2D eigenvalue weighted by Gasteiger charge is 2.21. The number of carbonyl (C=O) groups is 1. The number of aromatic nitrogens is 3. The minimum Gasteiger partial charge on any atom is -0.495 e. The second-order valence-electron chi connectivity index (χ2n) is 4.41. The van der Waals surface area contributed by atoms with E-state index in [1.807, 2.05) is 31.2 Å². The fourth-order valence-electron chi connectivity index (χ4n) is 1.91. The summed E-state index contributed by atoms with van der Waals surface area (Å²) < 4.78 is 12.5. The van der Waals surface area contributed by atoms with Crippen molar-refractivity contribution < 1.29 is 19.4 Å². The van der Waals surface area contributed by atoms with Crippen molar-refractivity contribution in [1.29, 1.82) is 0 Å². The molecule has 118 valence electrons. The van der Waals surface area contributed by atoms with Crippen LogP contribution in [0.5, 0.6) is 5.75 Å². The van der Waals surface area contributed by atoms with Gasteiger partial charge in [-0.3, -0.25) is 9.36 Å². The molecule has 0 aliphatic heterocycles. The van der Waals surface area contributed by atoms with Crippen molar-refractivity contribution >= 4 is 17.7 Å². The lowest BCUT2D eigenvalue weighted by atomic mass is 10.2. The van der Waals surface area contributed by atoms with E-state index in [2.05, 4.69) is 10.2 Å². The van der Waals surface area contributed by atoms with Crippen molar-refractivity contribution in [2.24, 2.45) is 0 Å². The third kappa shape index (κ3) is 3.40. The number of carboxylic acid groups (broad SMARTS) is 1. The summed E-state index contributed by atoms with van der Waals surface area (Å²) in [6.45, 7) is 1.85. The molecule has 0 bridgehead atoms. The molecule has 0 aliphatic rings. The van der Waals surface area contributed by atoms with Gasteiger partial charge in [-0.25, -0.2) is 0 Å². The van der Waals surface area contributed by atoms with E-state index < -0.39 is 5.97 Å². The molecule has 7 nitrogen and oxygen atoms in total. The van der Waals surface area contributed by atoms with Gasteiger partial charge < -0.3 is 14.6 Å². The molecule has 0 aliphatic carbocycles. The molecule has 0 amide bonds. The van der Waals surface area contributed by atoms with Crippen molar-refractivity contribution in [2.75, 3.05) is 20.0 Å². The van der Waals surface area contributed by atoms with E-state index >= 15 is 0 Å². The second kappa shape index (κ2) is 7.28. The molecule has 0 spiro atoms. The van der Waals surface area contributed by atoms with Crippen molar-refractivity contribution in [3.8, 4) is 11.4 Å². The Kier molecular flexibility index (Phi) is 5.40. The highest BCUT2D eigenvalue weighted by molar-refractivity contribution is 7.99. The van der Waals surface area contributed by atoms with E-state index in [0.29, 0.717) is 16.7 Å². The average molecular weight is 323 g/mol. The fraction of sp³-hybridized carbons (Fsp3) is 0.357. The monoisotopic (exact) mass is 323 g/mol. The van der Waals surface area contributed by atoms with Crippen LogP contribution in [0.3, 0.4) is 0 Å². The van der Waals surface area contributed by atoms with Crippen molar-refractivity contribution in [3.63, 3.8) is 0 Å². The first-order chi connectivity index (χ1) is 10.6. The molecule has 2 rings (SSSR count). The van der Waals surface area contributed by atoms with E-state index in [0.717, 1.165) is 17.4 Å². The van der Waals surface area contributed by atoms with Gasteiger partial charge in [0.1, 0.15) is 11.9 Å². The van der Waals surface area contributed by atoms with E-state index in [1.54, 1.807) is 18.8 Å². The highest BCUT2D eigenvalue weighted by Crippen LogP contribution is 2.31. The maximum Gasteiger partial charge on any atom is 0.313 e. The summed E-state index contributed by atoms with van der Waals surface area (Å²) in [4.78, 5) is 10.8. The lowest BCUT2D eigenvalue weighted by Gasteiger charge is -2.15. The van der Waals surface area contributed by atoms with Gasteiger partial charge in [0.15, 0.2) is 11.0 Å². The first-order valence-corrected chi connectivity index (χ1v) is 7.53.